The standard InChI is InChI=1S/C14H20N2O3/c1-14(7-4-8-19-14)9-16-13(17)10-5-3-6-11(15)12(10)18-2/h3,5-6H,4,7-9,15H2,1-2H3,(H,16,17). The zero-order valence-electron chi connectivity index (χ0n) is 11.4. The van der Waals surface area contributed by atoms with Crippen molar-refractivity contribution in [3.05, 3.63) is 23.8 Å². The Kier molecular flexibility index (Phi) is 3.95. The van der Waals surface area contributed by atoms with Crippen LogP contribution in [0.2, 0.25) is 0 Å². The zero-order chi connectivity index (χ0) is 13.9. The molecular weight excluding hydrogens is 244 g/mol. The van der Waals surface area contributed by atoms with Crippen molar-refractivity contribution < 1.29 is 14.3 Å². The van der Waals surface area contributed by atoms with E-state index in [0.29, 0.717) is 23.5 Å². The quantitative estimate of drug-likeness (QED) is 0.810. The van der Waals surface area contributed by atoms with Crippen molar-refractivity contribution in [3.63, 3.8) is 0 Å². The van der Waals surface area contributed by atoms with Crippen LogP contribution in [0, 0.1) is 0 Å². The second-order valence-electron chi connectivity index (χ2n) is 5.01. The van der Waals surface area contributed by atoms with E-state index in [2.05, 4.69) is 5.32 Å². The molecule has 2 rings (SSSR count). The number of benzene rings is 1. The highest BCUT2D eigenvalue weighted by Gasteiger charge is 2.30. The van der Waals surface area contributed by atoms with Crippen LogP contribution in [0.3, 0.4) is 0 Å². The molecule has 0 saturated carbocycles. The summed E-state index contributed by atoms with van der Waals surface area (Å²) in [5.74, 6) is 0.221. The number of carbonyl (C=O) groups excluding carboxylic acids is 1. The molecule has 0 aliphatic carbocycles. The molecule has 1 aliphatic heterocycles. The van der Waals surface area contributed by atoms with Gasteiger partial charge in [0.25, 0.3) is 5.91 Å². The number of nitrogens with one attached hydrogen (secondary N) is 1. The summed E-state index contributed by atoms with van der Waals surface area (Å²) in [5.41, 5.74) is 6.43. The number of nitrogens with two attached hydrogens (primary N) is 1. The van der Waals surface area contributed by atoms with Crippen molar-refractivity contribution in [2.75, 3.05) is 26.0 Å². The van der Waals surface area contributed by atoms with E-state index >= 15 is 0 Å². The first-order chi connectivity index (χ1) is 9.06. The van der Waals surface area contributed by atoms with Gasteiger partial charge < -0.3 is 20.5 Å². The fourth-order valence-corrected chi connectivity index (χ4v) is 2.30. The van der Waals surface area contributed by atoms with Crippen molar-refractivity contribution in [3.8, 4) is 5.75 Å². The average Bonchev–Trinajstić information content (AvgIpc) is 2.83. The normalized spacial score (nSPS) is 22.2. The van der Waals surface area contributed by atoms with Crippen LogP contribution < -0.4 is 15.8 Å². The molecule has 0 aromatic heterocycles. The van der Waals surface area contributed by atoms with Gasteiger partial charge in [-0.25, -0.2) is 0 Å². The Morgan fingerprint density at radius 1 is 1.58 bits per heavy atom. The van der Waals surface area contributed by atoms with Gasteiger partial charge in [-0.15, -0.1) is 0 Å². The van der Waals surface area contributed by atoms with E-state index < -0.39 is 0 Å². The number of rotatable bonds is 4. The molecule has 1 aliphatic rings. The van der Waals surface area contributed by atoms with E-state index in [0.717, 1.165) is 19.4 Å². The second-order valence-corrected chi connectivity index (χ2v) is 5.01. The summed E-state index contributed by atoms with van der Waals surface area (Å²) in [7, 11) is 1.50. The van der Waals surface area contributed by atoms with Gasteiger partial charge in [-0.3, -0.25) is 4.79 Å². The highest BCUT2D eigenvalue weighted by atomic mass is 16.5. The highest BCUT2D eigenvalue weighted by Crippen LogP contribution is 2.27. The van der Waals surface area contributed by atoms with Crippen LogP contribution in [0.15, 0.2) is 18.2 Å². The average molecular weight is 264 g/mol. The van der Waals surface area contributed by atoms with Gasteiger partial charge in [0.1, 0.15) is 0 Å². The first-order valence-electron chi connectivity index (χ1n) is 6.40. The van der Waals surface area contributed by atoms with E-state index in [4.69, 9.17) is 15.2 Å². The fourth-order valence-electron chi connectivity index (χ4n) is 2.30. The first kappa shape index (κ1) is 13.7. The third-order valence-electron chi connectivity index (χ3n) is 3.42. The van der Waals surface area contributed by atoms with Gasteiger partial charge in [0.05, 0.1) is 24.0 Å². The molecule has 3 N–H and O–H groups in total. The minimum absolute atomic E-state index is 0.194. The third-order valence-corrected chi connectivity index (χ3v) is 3.42. The zero-order valence-corrected chi connectivity index (χ0v) is 11.4. The van der Waals surface area contributed by atoms with Crippen molar-refractivity contribution in [1.82, 2.24) is 5.32 Å². The number of hydrogen-bond donors (Lipinski definition) is 2. The predicted molar refractivity (Wildman–Crippen MR) is 73.3 cm³/mol. The molecule has 5 nitrogen and oxygen atoms in total. The van der Waals surface area contributed by atoms with E-state index in [1.165, 1.54) is 7.11 Å². The Bertz CT molecular complexity index is 468. The Morgan fingerprint density at radius 3 is 3.00 bits per heavy atom. The molecule has 1 heterocycles. The van der Waals surface area contributed by atoms with E-state index in [1.54, 1.807) is 18.2 Å². The number of methoxy groups -OCH3 is 1. The maximum absolute atomic E-state index is 12.2. The Morgan fingerprint density at radius 2 is 2.37 bits per heavy atom. The molecule has 1 fully saturated rings. The molecule has 5 heteroatoms. The largest absolute Gasteiger partial charge is 0.494 e. The van der Waals surface area contributed by atoms with Gasteiger partial charge >= 0.3 is 0 Å². The first-order valence-corrected chi connectivity index (χ1v) is 6.40. The lowest BCUT2D eigenvalue weighted by molar-refractivity contribution is 0.0205. The van der Waals surface area contributed by atoms with Crippen LogP contribution in [0.5, 0.6) is 5.75 Å². The maximum Gasteiger partial charge on any atom is 0.255 e. The highest BCUT2D eigenvalue weighted by molar-refractivity contribution is 5.98. The minimum Gasteiger partial charge on any atom is -0.494 e. The monoisotopic (exact) mass is 264 g/mol. The molecule has 0 spiro atoms. The molecule has 104 valence electrons. The lowest BCUT2D eigenvalue weighted by atomic mass is 10.0. The summed E-state index contributed by atoms with van der Waals surface area (Å²) in [4.78, 5) is 12.2. The summed E-state index contributed by atoms with van der Waals surface area (Å²) < 4.78 is 10.8. The molecule has 1 unspecified atom stereocenters. The summed E-state index contributed by atoms with van der Waals surface area (Å²) in [6.07, 6.45) is 2.00. The van der Waals surface area contributed by atoms with Gasteiger partial charge in [0.15, 0.2) is 5.75 Å². The smallest absolute Gasteiger partial charge is 0.255 e. The number of anilines is 1. The van der Waals surface area contributed by atoms with E-state index in [-0.39, 0.29) is 11.5 Å². The molecule has 0 radical (unpaired) electrons. The van der Waals surface area contributed by atoms with Gasteiger partial charge in [-0.1, -0.05) is 6.07 Å². The van der Waals surface area contributed by atoms with Crippen LogP contribution in [0.4, 0.5) is 5.69 Å². The summed E-state index contributed by atoms with van der Waals surface area (Å²) in [6.45, 7) is 3.26. The van der Waals surface area contributed by atoms with Crippen LogP contribution in [0.25, 0.3) is 0 Å². The van der Waals surface area contributed by atoms with Gasteiger partial charge in [0, 0.05) is 13.2 Å². The number of ether oxygens (including phenoxy) is 2. The molecule has 1 aromatic rings. The maximum atomic E-state index is 12.2. The molecule has 1 atom stereocenters. The Hall–Kier alpha value is -1.75. The Balaban J connectivity index is 2.06. The van der Waals surface area contributed by atoms with Crippen molar-refractivity contribution in [2.24, 2.45) is 0 Å². The van der Waals surface area contributed by atoms with Crippen LogP contribution in [-0.2, 0) is 4.74 Å². The third kappa shape index (κ3) is 2.98. The van der Waals surface area contributed by atoms with E-state index in [1.807, 2.05) is 6.92 Å². The number of para-hydroxylation sites is 1. The Labute approximate surface area is 113 Å². The van der Waals surface area contributed by atoms with Crippen molar-refractivity contribution >= 4 is 11.6 Å². The summed E-state index contributed by atoms with van der Waals surface area (Å²) in [6, 6.07) is 5.14. The number of hydrogen-bond acceptors (Lipinski definition) is 4. The second kappa shape index (κ2) is 5.48. The lowest BCUT2D eigenvalue weighted by Gasteiger charge is -2.23. The number of nitrogen functional groups attached to an aromatic ring is 1. The van der Waals surface area contributed by atoms with Crippen LogP contribution >= 0.6 is 0 Å². The molecule has 1 amide bonds. The molecule has 19 heavy (non-hydrogen) atoms. The summed E-state index contributed by atoms with van der Waals surface area (Å²) >= 11 is 0. The molecule has 0 bridgehead atoms. The van der Waals surface area contributed by atoms with Crippen molar-refractivity contribution in [1.29, 1.82) is 0 Å². The van der Waals surface area contributed by atoms with Crippen LogP contribution in [0.1, 0.15) is 30.1 Å². The topological polar surface area (TPSA) is 73.6 Å². The SMILES string of the molecule is COc1c(N)cccc1C(=O)NCC1(C)CCCO1. The lowest BCUT2D eigenvalue weighted by Crippen LogP contribution is -2.40. The van der Waals surface area contributed by atoms with Crippen molar-refractivity contribution in [2.45, 2.75) is 25.4 Å². The van der Waals surface area contributed by atoms with Crippen LogP contribution in [-0.4, -0.2) is 31.8 Å². The summed E-state index contributed by atoms with van der Waals surface area (Å²) in [5, 5.41) is 2.88. The fraction of sp³-hybridized carbons (Fsp3) is 0.500. The number of amides is 1. The van der Waals surface area contributed by atoms with Gasteiger partial charge in [0.2, 0.25) is 0 Å². The molecule has 1 saturated heterocycles. The molecular formula is C14H20N2O3. The number of carbonyl (C=O) groups is 1. The van der Waals surface area contributed by atoms with Gasteiger partial charge in [-0.05, 0) is 31.9 Å². The molecule has 1 aromatic carbocycles. The predicted octanol–water partition coefficient (Wildman–Crippen LogP) is 1.58. The minimum atomic E-state index is -0.261. The van der Waals surface area contributed by atoms with Gasteiger partial charge in [-0.2, -0.15) is 0 Å². The van der Waals surface area contributed by atoms with E-state index in [9.17, 15) is 4.79 Å².